The van der Waals surface area contributed by atoms with Gasteiger partial charge in [-0.15, -0.1) is 0 Å². The summed E-state index contributed by atoms with van der Waals surface area (Å²) in [6.45, 7) is 8.33. The standard InChI is InChI=1S/C9H20O2S/c1-8(2)11-5-4-10-6-9(3)7-12/h8-9,12H,4-7H2,1-3H3. The maximum atomic E-state index is 5.36. The second kappa shape index (κ2) is 7.90. The molecule has 0 saturated carbocycles. The van der Waals surface area contributed by atoms with Crippen molar-refractivity contribution in [2.24, 2.45) is 5.92 Å². The summed E-state index contributed by atoms with van der Waals surface area (Å²) in [5, 5.41) is 0. The highest BCUT2D eigenvalue weighted by Gasteiger charge is 1.98. The number of rotatable bonds is 7. The third-order valence-corrected chi connectivity index (χ3v) is 2.02. The fourth-order valence-electron chi connectivity index (χ4n) is 0.680. The minimum atomic E-state index is 0.302. The monoisotopic (exact) mass is 192 g/mol. The van der Waals surface area contributed by atoms with Crippen LogP contribution in [0.4, 0.5) is 0 Å². The first-order valence-electron chi connectivity index (χ1n) is 4.47. The molecule has 0 heterocycles. The Morgan fingerprint density at radius 2 is 1.83 bits per heavy atom. The summed E-state index contributed by atoms with van der Waals surface area (Å²) in [6, 6.07) is 0. The van der Waals surface area contributed by atoms with Crippen LogP contribution in [0.1, 0.15) is 20.8 Å². The Kier molecular flexibility index (Phi) is 8.07. The third-order valence-electron chi connectivity index (χ3n) is 1.39. The molecule has 0 fully saturated rings. The molecule has 0 spiro atoms. The van der Waals surface area contributed by atoms with Crippen LogP contribution in [-0.2, 0) is 9.47 Å². The molecule has 0 aromatic rings. The van der Waals surface area contributed by atoms with Crippen LogP contribution in [0.2, 0.25) is 0 Å². The van der Waals surface area contributed by atoms with E-state index in [1.165, 1.54) is 0 Å². The van der Waals surface area contributed by atoms with Gasteiger partial charge in [-0.05, 0) is 25.5 Å². The lowest BCUT2D eigenvalue weighted by atomic mass is 10.2. The van der Waals surface area contributed by atoms with Gasteiger partial charge >= 0.3 is 0 Å². The summed E-state index contributed by atoms with van der Waals surface area (Å²) >= 11 is 4.16. The van der Waals surface area contributed by atoms with Gasteiger partial charge in [0.1, 0.15) is 0 Å². The Labute approximate surface area is 81.0 Å². The summed E-state index contributed by atoms with van der Waals surface area (Å²) in [5.41, 5.74) is 0. The number of thiol groups is 1. The van der Waals surface area contributed by atoms with Crippen molar-refractivity contribution in [3.05, 3.63) is 0 Å². The zero-order chi connectivity index (χ0) is 9.40. The van der Waals surface area contributed by atoms with Crippen molar-refractivity contribution < 1.29 is 9.47 Å². The van der Waals surface area contributed by atoms with Crippen molar-refractivity contribution in [2.75, 3.05) is 25.6 Å². The summed E-state index contributed by atoms with van der Waals surface area (Å²) in [5.74, 6) is 1.41. The second-order valence-corrected chi connectivity index (χ2v) is 3.65. The lowest BCUT2D eigenvalue weighted by Crippen LogP contribution is -2.13. The maximum absolute atomic E-state index is 5.36. The molecule has 0 N–H and O–H groups in total. The minimum Gasteiger partial charge on any atom is -0.379 e. The van der Waals surface area contributed by atoms with Crippen LogP contribution < -0.4 is 0 Å². The maximum Gasteiger partial charge on any atom is 0.0703 e. The molecular weight excluding hydrogens is 172 g/mol. The minimum absolute atomic E-state index is 0.302. The SMILES string of the molecule is CC(CS)COCCOC(C)C. The van der Waals surface area contributed by atoms with Gasteiger partial charge in [-0.1, -0.05) is 6.92 Å². The predicted molar refractivity (Wildman–Crippen MR) is 54.9 cm³/mol. The van der Waals surface area contributed by atoms with Crippen molar-refractivity contribution in [1.82, 2.24) is 0 Å². The summed E-state index contributed by atoms with van der Waals surface area (Å²) in [6.07, 6.45) is 0.302. The van der Waals surface area contributed by atoms with Crippen LogP contribution in [0.15, 0.2) is 0 Å². The topological polar surface area (TPSA) is 18.5 Å². The molecule has 0 amide bonds. The molecule has 1 atom stereocenters. The van der Waals surface area contributed by atoms with Gasteiger partial charge in [0.2, 0.25) is 0 Å². The molecule has 0 aliphatic heterocycles. The van der Waals surface area contributed by atoms with Gasteiger partial charge in [0.05, 0.1) is 25.9 Å². The van der Waals surface area contributed by atoms with Gasteiger partial charge in [-0.25, -0.2) is 0 Å². The molecule has 1 unspecified atom stereocenters. The van der Waals surface area contributed by atoms with E-state index < -0.39 is 0 Å². The smallest absolute Gasteiger partial charge is 0.0703 e. The average molecular weight is 192 g/mol. The molecule has 0 saturated heterocycles. The van der Waals surface area contributed by atoms with Crippen LogP contribution in [0, 0.1) is 5.92 Å². The van der Waals surface area contributed by atoms with Gasteiger partial charge < -0.3 is 9.47 Å². The van der Waals surface area contributed by atoms with Gasteiger partial charge in [0, 0.05) is 0 Å². The normalized spacial score (nSPS) is 13.8. The fraction of sp³-hybridized carbons (Fsp3) is 1.00. The zero-order valence-corrected chi connectivity index (χ0v) is 9.14. The van der Waals surface area contributed by atoms with Crippen molar-refractivity contribution in [1.29, 1.82) is 0 Å². The molecule has 3 heteroatoms. The molecule has 2 nitrogen and oxygen atoms in total. The Hall–Kier alpha value is 0.270. The Balaban J connectivity index is 3.00. The predicted octanol–water partition coefficient (Wildman–Crippen LogP) is 1.99. The van der Waals surface area contributed by atoms with E-state index in [-0.39, 0.29) is 0 Å². The summed E-state index contributed by atoms with van der Waals surface area (Å²) < 4.78 is 10.7. The van der Waals surface area contributed by atoms with Gasteiger partial charge in [0.25, 0.3) is 0 Å². The first-order chi connectivity index (χ1) is 5.66. The highest BCUT2D eigenvalue weighted by molar-refractivity contribution is 7.80. The van der Waals surface area contributed by atoms with Gasteiger partial charge in [-0.3, -0.25) is 0 Å². The Bertz CT molecular complexity index is 96.5. The van der Waals surface area contributed by atoms with Gasteiger partial charge in [-0.2, -0.15) is 12.6 Å². The van der Waals surface area contributed by atoms with E-state index in [9.17, 15) is 0 Å². The average Bonchev–Trinajstić information content (AvgIpc) is 2.03. The number of ether oxygens (including phenoxy) is 2. The fourth-order valence-corrected chi connectivity index (χ4v) is 0.785. The first-order valence-corrected chi connectivity index (χ1v) is 5.10. The van der Waals surface area contributed by atoms with Crippen LogP contribution in [-0.4, -0.2) is 31.7 Å². The molecular formula is C9H20O2S. The van der Waals surface area contributed by atoms with Crippen LogP contribution in [0.25, 0.3) is 0 Å². The molecule has 12 heavy (non-hydrogen) atoms. The van der Waals surface area contributed by atoms with Crippen molar-refractivity contribution in [3.8, 4) is 0 Å². The first kappa shape index (κ1) is 12.3. The molecule has 0 bridgehead atoms. The molecule has 0 rings (SSSR count). The lowest BCUT2D eigenvalue weighted by molar-refractivity contribution is 0.0132. The Morgan fingerprint density at radius 3 is 2.33 bits per heavy atom. The van der Waals surface area contributed by atoms with E-state index in [1.54, 1.807) is 0 Å². The molecule has 0 aliphatic carbocycles. The van der Waals surface area contributed by atoms with E-state index in [2.05, 4.69) is 19.6 Å². The highest BCUT2D eigenvalue weighted by Crippen LogP contribution is 1.97. The quantitative estimate of drug-likeness (QED) is 0.491. The van der Waals surface area contributed by atoms with Crippen molar-refractivity contribution in [3.63, 3.8) is 0 Å². The summed E-state index contributed by atoms with van der Waals surface area (Å²) in [4.78, 5) is 0. The zero-order valence-electron chi connectivity index (χ0n) is 8.25. The molecule has 0 aromatic carbocycles. The van der Waals surface area contributed by atoms with Crippen LogP contribution >= 0.6 is 12.6 Å². The largest absolute Gasteiger partial charge is 0.379 e. The van der Waals surface area contributed by atoms with E-state index >= 15 is 0 Å². The molecule has 0 radical (unpaired) electrons. The third kappa shape index (κ3) is 8.37. The Morgan fingerprint density at radius 1 is 1.17 bits per heavy atom. The molecule has 0 aromatic heterocycles. The van der Waals surface area contributed by atoms with E-state index in [4.69, 9.17) is 9.47 Å². The highest BCUT2D eigenvalue weighted by atomic mass is 32.1. The number of hydrogen-bond donors (Lipinski definition) is 1. The molecule has 0 aliphatic rings. The van der Waals surface area contributed by atoms with E-state index in [0.717, 1.165) is 12.4 Å². The van der Waals surface area contributed by atoms with E-state index in [1.807, 2.05) is 13.8 Å². The molecule has 74 valence electrons. The van der Waals surface area contributed by atoms with Crippen LogP contribution in [0.3, 0.4) is 0 Å². The van der Waals surface area contributed by atoms with Gasteiger partial charge in [0.15, 0.2) is 0 Å². The second-order valence-electron chi connectivity index (χ2n) is 3.28. The van der Waals surface area contributed by atoms with Crippen molar-refractivity contribution >= 4 is 12.6 Å². The summed E-state index contributed by atoms with van der Waals surface area (Å²) in [7, 11) is 0. The van der Waals surface area contributed by atoms with Crippen molar-refractivity contribution in [2.45, 2.75) is 26.9 Å². The van der Waals surface area contributed by atoms with Crippen LogP contribution in [0.5, 0.6) is 0 Å². The van der Waals surface area contributed by atoms with E-state index in [0.29, 0.717) is 25.2 Å². The number of hydrogen-bond acceptors (Lipinski definition) is 3. The lowest BCUT2D eigenvalue weighted by Gasteiger charge is -2.10.